The fraction of sp³-hybridized carbons (Fsp3) is 0.348. The first-order chi connectivity index (χ1) is 15.0. The Kier molecular flexibility index (Phi) is 9.87. The van der Waals surface area contributed by atoms with E-state index in [-0.39, 0.29) is 18.7 Å². The molecule has 0 bridgehead atoms. The van der Waals surface area contributed by atoms with Crippen LogP contribution in [0.1, 0.15) is 49.9 Å². The van der Waals surface area contributed by atoms with Crippen molar-refractivity contribution in [1.82, 2.24) is 10.9 Å². The Morgan fingerprint density at radius 2 is 1.58 bits per heavy atom. The number of nitrogens with one attached hydrogen (secondary N) is 3. The van der Waals surface area contributed by atoms with E-state index in [0.717, 1.165) is 12.8 Å². The second kappa shape index (κ2) is 12.9. The summed E-state index contributed by atoms with van der Waals surface area (Å²) in [6, 6.07) is 13.7. The van der Waals surface area contributed by atoms with Gasteiger partial charge in [-0.3, -0.25) is 25.2 Å². The van der Waals surface area contributed by atoms with Gasteiger partial charge in [-0.15, -0.1) is 0 Å². The monoisotopic (exact) mass is 427 g/mol. The number of carbonyl (C=O) groups is 3. The molecule has 3 N–H and O–H groups in total. The normalized spacial score (nSPS) is 10.1. The Hall–Kier alpha value is -3.55. The van der Waals surface area contributed by atoms with E-state index >= 15 is 0 Å². The zero-order chi connectivity index (χ0) is 22.5. The van der Waals surface area contributed by atoms with Gasteiger partial charge in [-0.1, -0.05) is 19.4 Å². The van der Waals surface area contributed by atoms with Crippen LogP contribution < -0.4 is 25.6 Å². The average molecular weight is 428 g/mol. The van der Waals surface area contributed by atoms with E-state index in [1.54, 1.807) is 48.5 Å². The van der Waals surface area contributed by atoms with Crippen LogP contribution in [0, 0.1) is 0 Å². The molecular formula is C23H29N3O5. The first-order valence-corrected chi connectivity index (χ1v) is 10.4. The molecule has 31 heavy (non-hydrogen) atoms. The molecule has 0 spiro atoms. The van der Waals surface area contributed by atoms with Gasteiger partial charge in [0.15, 0.2) is 0 Å². The molecule has 166 valence electrons. The number of hydrazine groups is 1. The van der Waals surface area contributed by atoms with Gasteiger partial charge in [0.25, 0.3) is 5.91 Å². The molecule has 0 radical (unpaired) electrons. The van der Waals surface area contributed by atoms with E-state index in [1.165, 1.54) is 0 Å². The highest BCUT2D eigenvalue weighted by Crippen LogP contribution is 2.16. The number of amides is 3. The van der Waals surface area contributed by atoms with Gasteiger partial charge in [-0.25, -0.2) is 0 Å². The molecule has 0 aromatic heterocycles. The number of hydrogen-bond acceptors (Lipinski definition) is 5. The number of unbranched alkanes of at least 4 members (excludes halogenated alkanes) is 1. The van der Waals surface area contributed by atoms with Crippen molar-refractivity contribution in [2.75, 3.05) is 18.5 Å². The minimum Gasteiger partial charge on any atom is -0.494 e. The number of carbonyl (C=O) groups excluding carboxylic acids is 3. The van der Waals surface area contributed by atoms with E-state index < -0.39 is 11.8 Å². The van der Waals surface area contributed by atoms with Gasteiger partial charge in [0.2, 0.25) is 11.8 Å². The van der Waals surface area contributed by atoms with E-state index in [4.69, 9.17) is 9.47 Å². The number of anilines is 1. The number of ether oxygens (including phenoxy) is 2. The van der Waals surface area contributed by atoms with Crippen molar-refractivity contribution in [2.45, 2.75) is 39.5 Å². The molecule has 0 saturated carbocycles. The molecule has 2 aromatic rings. The summed E-state index contributed by atoms with van der Waals surface area (Å²) in [7, 11) is 0. The third-order valence-electron chi connectivity index (χ3n) is 4.21. The molecule has 0 aliphatic carbocycles. The second-order valence-electron chi connectivity index (χ2n) is 6.74. The van der Waals surface area contributed by atoms with Crippen LogP contribution in [0.15, 0.2) is 48.5 Å². The summed E-state index contributed by atoms with van der Waals surface area (Å²) in [6.45, 7) is 5.11. The standard InChI is InChI=1S/C23H29N3O5/c1-3-5-15-31-20-8-6-7-17(16-20)23(29)26-25-22(28)14-13-21(27)24-18-9-11-19(12-10-18)30-4-2/h6-12,16H,3-5,13-15H2,1-2H3,(H,24,27)(H,25,28)(H,26,29). The Morgan fingerprint density at radius 1 is 0.839 bits per heavy atom. The predicted molar refractivity (Wildman–Crippen MR) is 118 cm³/mol. The highest BCUT2D eigenvalue weighted by atomic mass is 16.5. The second-order valence-corrected chi connectivity index (χ2v) is 6.74. The lowest BCUT2D eigenvalue weighted by Crippen LogP contribution is -2.41. The van der Waals surface area contributed by atoms with Crippen LogP contribution in [-0.4, -0.2) is 30.9 Å². The van der Waals surface area contributed by atoms with Crippen LogP contribution in [0.2, 0.25) is 0 Å². The van der Waals surface area contributed by atoms with E-state index in [9.17, 15) is 14.4 Å². The van der Waals surface area contributed by atoms with Crippen LogP contribution >= 0.6 is 0 Å². The predicted octanol–water partition coefficient (Wildman–Crippen LogP) is 3.44. The first kappa shape index (κ1) is 23.7. The van der Waals surface area contributed by atoms with Crippen LogP contribution in [0.25, 0.3) is 0 Å². The number of hydrogen-bond donors (Lipinski definition) is 3. The lowest BCUT2D eigenvalue weighted by molar-refractivity contribution is -0.124. The molecule has 2 aromatic carbocycles. The third kappa shape index (κ3) is 8.77. The first-order valence-electron chi connectivity index (χ1n) is 10.4. The maximum absolute atomic E-state index is 12.2. The van der Waals surface area contributed by atoms with Gasteiger partial charge in [-0.05, 0) is 55.8 Å². The van der Waals surface area contributed by atoms with Crippen LogP contribution in [0.4, 0.5) is 5.69 Å². The van der Waals surface area contributed by atoms with Crippen molar-refractivity contribution in [3.05, 3.63) is 54.1 Å². The van der Waals surface area contributed by atoms with E-state index in [1.807, 2.05) is 6.92 Å². The average Bonchev–Trinajstić information content (AvgIpc) is 2.78. The summed E-state index contributed by atoms with van der Waals surface area (Å²) in [4.78, 5) is 36.2. The summed E-state index contributed by atoms with van der Waals surface area (Å²) in [5, 5.41) is 2.71. The Labute approximate surface area is 182 Å². The van der Waals surface area contributed by atoms with Crippen molar-refractivity contribution in [3.8, 4) is 11.5 Å². The van der Waals surface area contributed by atoms with Crippen molar-refractivity contribution in [1.29, 1.82) is 0 Å². The maximum atomic E-state index is 12.2. The van der Waals surface area contributed by atoms with Crippen LogP contribution in [0.5, 0.6) is 11.5 Å². The van der Waals surface area contributed by atoms with Crippen molar-refractivity contribution >= 4 is 23.4 Å². The molecule has 0 atom stereocenters. The van der Waals surface area contributed by atoms with Crippen molar-refractivity contribution in [3.63, 3.8) is 0 Å². The Bertz CT molecular complexity index is 868. The molecule has 8 nitrogen and oxygen atoms in total. The molecule has 2 rings (SSSR count). The van der Waals surface area contributed by atoms with Gasteiger partial charge < -0.3 is 14.8 Å². The third-order valence-corrected chi connectivity index (χ3v) is 4.21. The fourth-order valence-electron chi connectivity index (χ4n) is 2.57. The molecule has 0 aliphatic heterocycles. The zero-order valence-corrected chi connectivity index (χ0v) is 17.9. The lowest BCUT2D eigenvalue weighted by atomic mass is 10.2. The van der Waals surface area contributed by atoms with Gasteiger partial charge in [0, 0.05) is 24.1 Å². The topological polar surface area (TPSA) is 106 Å². The largest absolute Gasteiger partial charge is 0.494 e. The Morgan fingerprint density at radius 3 is 2.29 bits per heavy atom. The summed E-state index contributed by atoms with van der Waals surface area (Å²) in [5.41, 5.74) is 5.64. The smallest absolute Gasteiger partial charge is 0.269 e. The minimum atomic E-state index is -0.467. The summed E-state index contributed by atoms with van der Waals surface area (Å²) >= 11 is 0. The van der Waals surface area contributed by atoms with Crippen LogP contribution in [0.3, 0.4) is 0 Å². The summed E-state index contributed by atoms with van der Waals surface area (Å²) < 4.78 is 10.9. The van der Waals surface area contributed by atoms with Gasteiger partial charge >= 0.3 is 0 Å². The number of rotatable bonds is 11. The molecule has 0 aliphatic rings. The minimum absolute atomic E-state index is 0.0182. The molecule has 0 fully saturated rings. The van der Waals surface area contributed by atoms with Crippen LogP contribution in [-0.2, 0) is 9.59 Å². The molecule has 0 unspecified atom stereocenters. The van der Waals surface area contributed by atoms with Crippen molar-refractivity contribution in [2.24, 2.45) is 0 Å². The molecule has 0 heterocycles. The Balaban J connectivity index is 1.71. The van der Waals surface area contributed by atoms with E-state index in [0.29, 0.717) is 36.0 Å². The molecule has 0 saturated heterocycles. The molecule has 3 amide bonds. The summed E-state index contributed by atoms with van der Waals surface area (Å²) in [5.74, 6) is 0.0771. The molecular weight excluding hydrogens is 398 g/mol. The number of benzene rings is 2. The maximum Gasteiger partial charge on any atom is 0.269 e. The SMILES string of the molecule is CCCCOc1cccc(C(=O)NNC(=O)CCC(=O)Nc2ccc(OCC)cc2)c1. The van der Waals surface area contributed by atoms with Gasteiger partial charge in [-0.2, -0.15) is 0 Å². The fourth-order valence-corrected chi connectivity index (χ4v) is 2.57. The highest BCUT2D eigenvalue weighted by molar-refractivity contribution is 5.96. The lowest BCUT2D eigenvalue weighted by Gasteiger charge is -2.10. The van der Waals surface area contributed by atoms with E-state index in [2.05, 4.69) is 23.1 Å². The molecule has 8 heteroatoms. The highest BCUT2D eigenvalue weighted by Gasteiger charge is 2.11. The quantitative estimate of drug-likeness (QED) is 0.376. The summed E-state index contributed by atoms with van der Waals surface area (Å²) in [6.07, 6.45) is 1.86. The van der Waals surface area contributed by atoms with Gasteiger partial charge in [0.05, 0.1) is 13.2 Å². The van der Waals surface area contributed by atoms with Crippen molar-refractivity contribution < 1.29 is 23.9 Å². The zero-order valence-electron chi connectivity index (χ0n) is 17.9. The van der Waals surface area contributed by atoms with Gasteiger partial charge in [0.1, 0.15) is 11.5 Å².